The average molecular weight is 859 g/mol. The van der Waals surface area contributed by atoms with Crippen molar-refractivity contribution in [2.75, 3.05) is 26.4 Å². The Balaban J connectivity index is 4.21. The van der Waals surface area contributed by atoms with Crippen molar-refractivity contribution in [3.63, 3.8) is 0 Å². The summed E-state index contributed by atoms with van der Waals surface area (Å²) >= 11 is 0. The van der Waals surface area contributed by atoms with E-state index in [1.54, 1.807) is 0 Å². The van der Waals surface area contributed by atoms with Crippen molar-refractivity contribution in [3.05, 3.63) is 24.3 Å². The van der Waals surface area contributed by atoms with Crippen molar-refractivity contribution < 1.29 is 47.8 Å². The maximum Gasteiger partial charge on any atom is 0.472 e. The van der Waals surface area contributed by atoms with Crippen molar-refractivity contribution in [3.8, 4) is 0 Å². The fourth-order valence-electron chi connectivity index (χ4n) is 6.81. The van der Waals surface area contributed by atoms with Crippen LogP contribution in [0.25, 0.3) is 0 Å². The van der Waals surface area contributed by atoms with Gasteiger partial charge in [-0.3, -0.25) is 18.6 Å². The molecule has 0 saturated carbocycles. The van der Waals surface area contributed by atoms with Gasteiger partial charge in [-0.15, -0.1) is 0 Å². The second-order valence-electron chi connectivity index (χ2n) is 16.5. The van der Waals surface area contributed by atoms with Crippen LogP contribution in [0.2, 0.25) is 0 Å². The van der Waals surface area contributed by atoms with Gasteiger partial charge in [0.25, 0.3) is 0 Å². The largest absolute Gasteiger partial charge is 0.472 e. The lowest BCUT2D eigenvalue weighted by Gasteiger charge is -2.20. The van der Waals surface area contributed by atoms with Gasteiger partial charge in [-0.05, 0) is 64.2 Å². The number of allylic oxidation sites excluding steroid dienone is 4. The smallest absolute Gasteiger partial charge is 0.462 e. The number of unbranched alkanes of at least 4 members (excludes halogenated alkanes) is 28. The molecule has 3 N–H and O–H groups in total. The lowest BCUT2D eigenvalue weighted by atomic mass is 10.1. The summed E-state index contributed by atoms with van der Waals surface area (Å²) < 4.78 is 32.8. The van der Waals surface area contributed by atoms with E-state index in [1.807, 2.05) is 0 Å². The van der Waals surface area contributed by atoms with E-state index in [1.165, 1.54) is 148 Å². The van der Waals surface area contributed by atoms with Crippen LogP contribution in [0.5, 0.6) is 0 Å². The molecule has 0 radical (unpaired) electrons. The molecule has 10 nitrogen and oxygen atoms in total. The lowest BCUT2D eigenvalue weighted by Crippen LogP contribution is -2.29. The lowest BCUT2D eigenvalue weighted by molar-refractivity contribution is -0.161. The predicted octanol–water partition coefficient (Wildman–Crippen LogP) is 13.3. The van der Waals surface area contributed by atoms with Crippen LogP contribution >= 0.6 is 7.82 Å². The average Bonchev–Trinajstić information content (AvgIpc) is 3.22. The molecule has 0 heterocycles. The molecule has 0 aromatic heterocycles. The minimum absolute atomic E-state index is 0.183. The van der Waals surface area contributed by atoms with Crippen LogP contribution in [-0.4, -0.2) is 65.7 Å². The molecule has 0 aromatic carbocycles. The minimum Gasteiger partial charge on any atom is -0.462 e. The summed E-state index contributed by atoms with van der Waals surface area (Å²) in [5.74, 6) is -0.923. The fourth-order valence-corrected chi connectivity index (χ4v) is 7.60. The van der Waals surface area contributed by atoms with Gasteiger partial charge in [-0.1, -0.05) is 179 Å². The van der Waals surface area contributed by atoms with Crippen molar-refractivity contribution in [1.82, 2.24) is 0 Å². The van der Waals surface area contributed by atoms with Gasteiger partial charge in [0.2, 0.25) is 0 Å². The number of esters is 2. The highest BCUT2D eigenvalue weighted by Crippen LogP contribution is 2.43. The Morgan fingerprint density at radius 3 is 1.22 bits per heavy atom. The monoisotopic (exact) mass is 859 g/mol. The fraction of sp³-hybridized carbons (Fsp3) is 0.875. The van der Waals surface area contributed by atoms with Crippen LogP contribution in [0.3, 0.4) is 0 Å². The van der Waals surface area contributed by atoms with E-state index in [0.717, 1.165) is 44.9 Å². The van der Waals surface area contributed by atoms with Gasteiger partial charge in [0.05, 0.1) is 19.8 Å². The minimum atomic E-state index is -4.62. The van der Waals surface area contributed by atoms with Crippen LogP contribution in [0.1, 0.15) is 232 Å². The van der Waals surface area contributed by atoms with Crippen molar-refractivity contribution in [2.45, 2.75) is 244 Å². The van der Waals surface area contributed by atoms with Gasteiger partial charge < -0.3 is 24.6 Å². The Kier molecular flexibility index (Phi) is 43.3. The van der Waals surface area contributed by atoms with Crippen LogP contribution in [0.4, 0.5) is 0 Å². The third kappa shape index (κ3) is 44.3. The molecule has 3 atom stereocenters. The third-order valence-corrected chi connectivity index (χ3v) is 11.5. The Bertz CT molecular complexity index is 1040. The van der Waals surface area contributed by atoms with E-state index >= 15 is 0 Å². The molecule has 0 aliphatic carbocycles. The van der Waals surface area contributed by atoms with Crippen LogP contribution in [-0.2, 0) is 32.7 Å². The van der Waals surface area contributed by atoms with Crippen LogP contribution in [0, 0.1) is 0 Å². The highest BCUT2D eigenvalue weighted by molar-refractivity contribution is 7.47. The number of aliphatic hydroxyl groups excluding tert-OH is 2. The first-order valence-corrected chi connectivity index (χ1v) is 25.8. The summed E-state index contributed by atoms with van der Waals surface area (Å²) in [6.07, 6.45) is 45.7. The summed E-state index contributed by atoms with van der Waals surface area (Å²) in [4.78, 5) is 35.1. The van der Waals surface area contributed by atoms with E-state index in [9.17, 15) is 24.2 Å². The van der Waals surface area contributed by atoms with Crippen molar-refractivity contribution in [2.24, 2.45) is 0 Å². The van der Waals surface area contributed by atoms with Crippen LogP contribution in [0.15, 0.2) is 24.3 Å². The first kappa shape index (κ1) is 57.4. The van der Waals surface area contributed by atoms with E-state index < -0.39 is 51.8 Å². The zero-order chi connectivity index (χ0) is 43.3. The SMILES string of the molecule is CCCCCCCC/C=C/CCCCCCCCCCCC(=O)O[C@H](COC(=O)CCCCCCCCC/C=C/CCCCCCCC)COP(=O)(O)OC[C@@H](O)CO. The predicted molar refractivity (Wildman–Crippen MR) is 242 cm³/mol. The maximum absolute atomic E-state index is 12.7. The number of ether oxygens (including phenoxy) is 2. The number of phosphoric acid groups is 1. The summed E-state index contributed by atoms with van der Waals surface area (Å²) in [5.41, 5.74) is 0. The van der Waals surface area contributed by atoms with Crippen molar-refractivity contribution in [1.29, 1.82) is 0 Å². The molecule has 0 saturated heterocycles. The zero-order valence-corrected chi connectivity index (χ0v) is 38.9. The third-order valence-electron chi connectivity index (χ3n) is 10.6. The van der Waals surface area contributed by atoms with E-state index in [-0.39, 0.29) is 19.4 Å². The summed E-state index contributed by atoms with van der Waals surface area (Å²) in [5, 5.41) is 18.4. The normalized spacial score (nSPS) is 13.9. The van der Waals surface area contributed by atoms with E-state index in [0.29, 0.717) is 12.8 Å². The molecule has 0 spiro atoms. The molecule has 1 unspecified atom stereocenters. The number of phosphoric ester groups is 1. The van der Waals surface area contributed by atoms with Gasteiger partial charge in [0.1, 0.15) is 12.7 Å². The molecular formula is C48H91O10P. The number of carbonyl (C=O) groups excluding carboxylic acids is 2. The second kappa shape index (κ2) is 44.5. The molecule has 0 bridgehead atoms. The number of aliphatic hydroxyl groups is 2. The molecular weight excluding hydrogens is 767 g/mol. The zero-order valence-electron chi connectivity index (χ0n) is 38.0. The van der Waals surface area contributed by atoms with Gasteiger partial charge in [-0.25, -0.2) is 4.57 Å². The van der Waals surface area contributed by atoms with Gasteiger partial charge >= 0.3 is 19.8 Å². The molecule has 0 rings (SSSR count). The highest BCUT2D eigenvalue weighted by atomic mass is 31.2. The number of hydrogen-bond acceptors (Lipinski definition) is 9. The second-order valence-corrected chi connectivity index (χ2v) is 17.9. The van der Waals surface area contributed by atoms with Crippen LogP contribution < -0.4 is 0 Å². The standard InChI is InChI=1S/C48H91O10P/c1-3-5-7-9-11-13-15-17-19-21-22-24-26-28-30-32-34-36-38-40-48(52)58-46(44-57-59(53,54)56-42-45(50)41-49)43-55-47(51)39-37-35-33-31-29-27-25-23-20-18-16-14-12-10-8-6-4-2/h17-20,45-46,49-50H,3-16,21-44H2,1-2H3,(H,53,54)/b19-17+,20-18+/t45-,46+/m0/s1. The van der Waals surface area contributed by atoms with Gasteiger partial charge in [0, 0.05) is 12.8 Å². The Morgan fingerprint density at radius 1 is 0.492 bits per heavy atom. The summed E-state index contributed by atoms with van der Waals surface area (Å²) in [6.45, 7) is 2.40. The Labute approximate surface area is 361 Å². The molecule has 59 heavy (non-hydrogen) atoms. The summed E-state index contributed by atoms with van der Waals surface area (Å²) in [6, 6.07) is 0. The molecule has 0 aliphatic heterocycles. The molecule has 11 heteroatoms. The Morgan fingerprint density at radius 2 is 0.831 bits per heavy atom. The first-order chi connectivity index (χ1) is 28.7. The van der Waals surface area contributed by atoms with E-state index in [2.05, 4.69) is 38.2 Å². The van der Waals surface area contributed by atoms with E-state index in [4.69, 9.17) is 23.6 Å². The van der Waals surface area contributed by atoms with Crippen molar-refractivity contribution >= 4 is 19.8 Å². The topological polar surface area (TPSA) is 149 Å². The molecule has 0 aliphatic rings. The molecule has 0 aromatic rings. The quantitative estimate of drug-likeness (QED) is 0.0234. The van der Waals surface area contributed by atoms with Gasteiger partial charge in [0.15, 0.2) is 6.10 Å². The number of rotatable bonds is 46. The van der Waals surface area contributed by atoms with Gasteiger partial charge in [-0.2, -0.15) is 0 Å². The summed E-state index contributed by atoms with van der Waals surface area (Å²) in [7, 11) is -4.62. The first-order valence-electron chi connectivity index (χ1n) is 24.3. The Hall–Kier alpha value is -1.55. The number of carbonyl (C=O) groups is 2. The molecule has 0 amide bonds. The highest BCUT2D eigenvalue weighted by Gasteiger charge is 2.27. The molecule has 0 fully saturated rings. The number of hydrogen-bond donors (Lipinski definition) is 3. The maximum atomic E-state index is 12.7. The molecule has 348 valence electrons.